The zero-order chi connectivity index (χ0) is 21.3. The van der Waals surface area contributed by atoms with Crippen molar-refractivity contribution in [3.63, 3.8) is 0 Å². The van der Waals surface area contributed by atoms with Crippen LogP contribution in [-0.4, -0.2) is 23.9 Å². The first-order valence-corrected chi connectivity index (χ1v) is 9.22. The Morgan fingerprint density at radius 2 is 1.33 bits per heavy atom. The van der Waals surface area contributed by atoms with Gasteiger partial charge < -0.3 is 9.47 Å². The van der Waals surface area contributed by atoms with Gasteiger partial charge in [0.15, 0.2) is 6.10 Å². The summed E-state index contributed by atoms with van der Waals surface area (Å²) in [5, 5.41) is 0. The highest BCUT2D eigenvalue weighted by atomic mass is 16.5. The standard InChI is InChI=1S/C23H20N2O5/c1-16(21(26)24-25-22(27)17-9-4-2-5-10-17)29-23(28)18-11-8-14-20(15-18)30-19-12-6-3-7-13-19/h2-16H,1H3,(H,24,26)(H,25,27)/t16-/m0/s1. The third kappa shape index (κ3) is 5.68. The van der Waals surface area contributed by atoms with E-state index in [-0.39, 0.29) is 5.56 Å². The minimum atomic E-state index is -1.12. The lowest BCUT2D eigenvalue weighted by Gasteiger charge is -2.14. The van der Waals surface area contributed by atoms with Crippen LogP contribution in [0.4, 0.5) is 0 Å². The Balaban J connectivity index is 1.54. The number of amides is 2. The Morgan fingerprint density at radius 1 is 0.733 bits per heavy atom. The molecule has 0 saturated carbocycles. The lowest BCUT2D eigenvalue weighted by atomic mass is 10.2. The lowest BCUT2D eigenvalue weighted by molar-refractivity contribution is -0.129. The van der Waals surface area contributed by atoms with Gasteiger partial charge in [-0.05, 0) is 49.4 Å². The third-order valence-electron chi connectivity index (χ3n) is 4.04. The summed E-state index contributed by atoms with van der Waals surface area (Å²) in [4.78, 5) is 36.5. The molecule has 3 aromatic rings. The van der Waals surface area contributed by atoms with Gasteiger partial charge in [0.2, 0.25) is 0 Å². The third-order valence-corrected chi connectivity index (χ3v) is 4.04. The van der Waals surface area contributed by atoms with Crippen molar-refractivity contribution in [1.29, 1.82) is 0 Å². The molecule has 0 radical (unpaired) electrons. The van der Waals surface area contributed by atoms with E-state index in [1.807, 2.05) is 18.2 Å². The highest BCUT2D eigenvalue weighted by Gasteiger charge is 2.20. The highest BCUT2D eigenvalue weighted by Crippen LogP contribution is 2.22. The van der Waals surface area contributed by atoms with Gasteiger partial charge >= 0.3 is 5.97 Å². The van der Waals surface area contributed by atoms with E-state index in [1.54, 1.807) is 60.7 Å². The average Bonchev–Trinajstić information content (AvgIpc) is 2.78. The van der Waals surface area contributed by atoms with Crippen LogP contribution in [0.25, 0.3) is 0 Å². The van der Waals surface area contributed by atoms with Crippen molar-refractivity contribution in [2.24, 2.45) is 0 Å². The molecule has 0 aliphatic heterocycles. The molecular formula is C23H20N2O5. The molecule has 0 spiro atoms. The van der Waals surface area contributed by atoms with Crippen molar-refractivity contribution in [3.8, 4) is 11.5 Å². The summed E-state index contributed by atoms with van der Waals surface area (Å²) in [5.41, 5.74) is 5.14. The van der Waals surface area contributed by atoms with Gasteiger partial charge in [0.1, 0.15) is 11.5 Å². The maximum absolute atomic E-state index is 12.4. The summed E-state index contributed by atoms with van der Waals surface area (Å²) in [6.07, 6.45) is -1.12. The van der Waals surface area contributed by atoms with E-state index in [2.05, 4.69) is 10.9 Å². The first-order chi connectivity index (χ1) is 14.5. The molecule has 7 nitrogen and oxygen atoms in total. The number of carbonyl (C=O) groups is 3. The number of hydrazine groups is 1. The fraction of sp³-hybridized carbons (Fsp3) is 0.0870. The molecule has 2 amide bonds. The molecule has 0 aromatic heterocycles. The molecular weight excluding hydrogens is 384 g/mol. The molecule has 0 saturated heterocycles. The number of para-hydroxylation sites is 1. The van der Waals surface area contributed by atoms with Crippen LogP contribution >= 0.6 is 0 Å². The van der Waals surface area contributed by atoms with Crippen LogP contribution in [0, 0.1) is 0 Å². The van der Waals surface area contributed by atoms with Crippen molar-refractivity contribution in [3.05, 3.63) is 96.1 Å². The molecule has 0 bridgehead atoms. The number of benzene rings is 3. The fourth-order valence-electron chi connectivity index (χ4n) is 2.47. The van der Waals surface area contributed by atoms with Gasteiger partial charge in [-0.2, -0.15) is 0 Å². The fourth-order valence-corrected chi connectivity index (χ4v) is 2.47. The predicted molar refractivity (Wildman–Crippen MR) is 110 cm³/mol. The van der Waals surface area contributed by atoms with Gasteiger partial charge in [-0.3, -0.25) is 20.4 Å². The SMILES string of the molecule is C[C@H](OC(=O)c1cccc(Oc2ccccc2)c1)C(=O)NNC(=O)c1ccccc1. The maximum Gasteiger partial charge on any atom is 0.339 e. The summed E-state index contributed by atoms with van der Waals surface area (Å²) < 4.78 is 10.9. The van der Waals surface area contributed by atoms with Gasteiger partial charge in [0.25, 0.3) is 11.8 Å². The first-order valence-electron chi connectivity index (χ1n) is 9.22. The minimum absolute atomic E-state index is 0.233. The Labute approximate surface area is 173 Å². The van der Waals surface area contributed by atoms with Gasteiger partial charge in [0.05, 0.1) is 5.56 Å². The topological polar surface area (TPSA) is 93.7 Å². The smallest absolute Gasteiger partial charge is 0.339 e. The zero-order valence-corrected chi connectivity index (χ0v) is 16.2. The van der Waals surface area contributed by atoms with E-state index in [9.17, 15) is 14.4 Å². The molecule has 3 rings (SSSR count). The van der Waals surface area contributed by atoms with Crippen LogP contribution in [0.3, 0.4) is 0 Å². The van der Waals surface area contributed by atoms with Gasteiger partial charge in [-0.1, -0.05) is 42.5 Å². The summed E-state index contributed by atoms with van der Waals surface area (Å²) >= 11 is 0. The number of hydrogen-bond donors (Lipinski definition) is 2. The number of rotatable bonds is 6. The van der Waals surface area contributed by atoms with Crippen LogP contribution in [-0.2, 0) is 9.53 Å². The number of ether oxygens (including phenoxy) is 2. The molecule has 0 fully saturated rings. The van der Waals surface area contributed by atoms with Crippen molar-refractivity contribution < 1.29 is 23.9 Å². The molecule has 7 heteroatoms. The van der Waals surface area contributed by atoms with E-state index in [0.717, 1.165) is 0 Å². The van der Waals surface area contributed by atoms with Crippen LogP contribution in [0.2, 0.25) is 0 Å². The van der Waals surface area contributed by atoms with Crippen LogP contribution < -0.4 is 15.6 Å². The largest absolute Gasteiger partial charge is 0.457 e. The Bertz CT molecular complexity index is 1020. The Morgan fingerprint density at radius 3 is 2.03 bits per heavy atom. The van der Waals surface area contributed by atoms with Crippen molar-refractivity contribution in [2.45, 2.75) is 13.0 Å². The molecule has 2 N–H and O–H groups in total. The lowest BCUT2D eigenvalue weighted by Crippen LogP contribution is -2.46. The molecule has 0 aliphatic carbocycles. The quantitative estimate of drug-likeness (QED) is 0.485. The number of carbonyl (C=O) groups excluding carboxylic acids is 3. The second-order valence-electron chi connectivity index (χ2n) is 6.30. The summed E-state index contributed by atoms with van der Waals surface area (Å²) in [7, 11) is 0. The van der Waals surface area contributed by atoms with E-state index in [1.165, 1.54) is 13.0 Å². The molecule has 152 valence electrons. The van der Waals surface area contributed by atoms with E-state index in [4.69, 9.17) is 9.47 Å². The maximum atomic E-state index is 12.4. The van der Waals surface area contributed by atoms with Crippen molar-refractivity contribution in [2.75, 3.05) is 0 Å². The molecule has 3 aromatic carbocycles. The number of hydrogen-bond acceptors (Lipinski definition) is 5. The van der Waals surface area contributed by atoms with E-state index < -0.39 is 23.9 Å². The van der Waals surface area contributed by atoms with Crippen LogP contribution in [0.15, 0.2) is 84.9 Å². The summed E-state index contributed by atoms with van der Waals surface area (Å²) in [5.74, 6) is -0.740. The van der Waals surface area contributed by atoms with Gasteiger partial charge in [-0.25, -0.2) is 4.79 Å². The Kier molecular flexibility index (Phi) is 6.78. The normalized spacial score (nSPS) is 11.1. The number of esters is 1. The van der Waals surface area contributed by atoms with Crippen molar-refractivity contribution in [1.82, 2.24) is 10.9 Å². The van der Waals surface area contributed by atoms with Crippen molar-refractivity contribution >= 4 is 17.8 Å². The van der Waals surface area contributed by atoms with Crippen LogP contribution in [0.1, 0.15) is 27.6 Å². The molecule has 0 aliphatic rings. The minimum Gasteiger partial charge on any atom is -0.457 e. The van der Waals surface area contributed by atoms with E-state index >= 15 is 0 Å². The van der Waals surface area contributed by atoms with Gasteiger partial charge in [-0.15, -0.1) is 0 Å². The summed E-state index contributed by atoms with van der Waals surface area (Å²) in [6, 6.07) is 24.0. The second kappa shape index (κ2) is 9.88. The van der Waals surface area contributed by atoms with Gasteiger partial charge in [0, 0.05) is 5.56 Å². The monoisotopic (exact) mass is 404 g/mol. The first kappa shape index (κ1) is 20.6. The average molecular weight is 404 g/mol. The van der Waals surface area contributed by atoms with E-state index in [0.29, 0.717) is 17.1 Å². The molecule has 1 atom stereocenters. The van der Waals surface area contributed by atoms with Crippen LogP contribution in [0.5, 0.6) is 11.5 Å². The molecule has 0 heterocycles. The number of nitrogens with one attached hydrogen (secondary N) is 2. The molecule has 30 heavy (non-hydrogen) atoms. The predicted octanol–water partition coefficient (Wildman–Crippen LogP) is 3.49. The second-order valence-corrected chi connectivity index (χ2v) is 6.30. The Hall–Kier alpha value is -4.13. The highest BCUT2D eigenvalue weighted by molar-refractivity contribution is 5.96. The zero-order valence-electron chi connectivity index (χ0n) is 16.2. The molecule has 0 unspecified atom stereocenters. The summed E-state index contributed by atoms with van der Waals surface area (Å²) in [6.45, 7) is 1.41.